The molecule has 0 amide bonds. The summed E-state index contributed by atoms with van der Waals surface area (Å²) in [5.41, 5.74) is 0. The third-order valence-corrected chi connectivity index (χ3v) is 1.07. The van der Waals surface area contributed by atoms with Gasteiger partial charge in [-0.05, 0) is 0 Å². The number of rotatable bonds is 2. The van der Waals surface area contributed by atoms with Crippen molar-refractivity contribution in [1.29, 1.82) is 0 Å². The van der Waals surface area contributed by atoms with E-state index >= 15 is 0 Å². The van der Waals surface area contributed by atoms with Gasteiger partial charge in [-0.3, -0.25) is 0 Å². The lowest BCUT2D eigenvalue weighted by Gasteiger charge is -1.99. The molecule has 0 saturated carbocycles. The summed E-state index contributed by atoms with van der Waals surface area (Å²) in [6.07, 6.45) is -0.775. The van der Waals surface area contributed by atoms with Gasteiger partial charge in [-0.1, -0.05) is 0 Å². The second-order valence-electron chi connectivity index (χ2n) is 1.92. The highest BCUT2D eigenvalue weighted by Gasteiger charge is 2.12. The first-order valence-corrected chi connectivity index (χ1v) is 3.08. The fourth-order valence-electron chi connectivity index (χ4n) is 0.683. The second-order valence-corrected chi connectivity index (χ2v) is 1.92. The Morgan fingerprint density at radius 2 is 1.46 bits per heavy atom. The first kappa shape index (κ1) is 8.91. The van der Waals surface area contributed by atoms with Crippen molar-refractivity contribution >= 4 is 12.3 Å². The van der Waals surface area contributed by atoms with Crippen molar-refractivity contribution in [3.05, 3.63) is 12.4 Å². The van der Waals surface area contributed by atoms with E-state index in [0.717, 1.165) is 12.4 Å². The minimum Gasteiger partial charge on any atom is -0.449 e. The summed E-state index contributed by atoms with van der Waals surface area (Å²) in [5, 5.41) is 16.4. The maximum atomic E-state index is 10.1. The first-order chi connectivity index (χ1) is 6.09. The number of carbonyl (C=O) groups is 2. The van der Waals surface area contributed by atoms with Gasteiger partial charge in [0.1, 0.15) is 0 Å². The molecule has 1 aromatic heterocycles. The smallest absolute Gasteiger partial charge is 0.449 e. The normalized spacial score (nSPS) is 9.23. The highest BCUT2D eigenvalue weighted by molar-refractivity contribution is 5.66. The third kappa shape index (κ3) is 2.40. The number of hydrogen-bond acceptors (Lipinski definition) is 4. The summed E-state index contributed by atoms with van der Waals surface area (Å²) in [4.78, 5) is 22.6. The van der Waals surface area contributed by atoms with E-state index in [4.69, 9.17) is 10.2 Å². The number of aromatic nitrogens is 1. The van der Waals surface area contributed by atoms with E-state index in [1.165, 1.54) is 0 Å². The molecule has 70 valence electrons. The zero-order valence-corrected chi connectivity index (χ0v) is 6.18. The SMILES string of the molecule is O=C(O)Oc1c[nH]cc1OC(=O)O. The summed E-state index contributed by atoms with van der Waals surface area (Å²) in [6, 6.07) is 0. The van der Waals surface area contributed by atoms with E-state index in [1.54, 1.807) is 0 Å². The number of ether oxygens (including phenoxy) is 2. The topological polar surface area (TPSA) is 109 Å². The molecular weight excluding hydrogens is 182 g/mol. The quantitative estimate of drug-likeness (QED) is 0.598. The van der Waals surface area contributed by atoms with Crippen LogP contribution in [0.5, 0.6) is 11.5 Å². The number of aromatic amines is 1. The Morgan fingerprint density at radius 1 is 1.08 bits per heavy atom. The number of hydrogen-bond donors (Lipinski definition) is 3. The number of nitrogens with one attached hydrogen (secondary N) is 1. The molecular formula is C6H5NO6. The van der Waals surface area contributed by atoms with E-state index in [0.29, 0.717) is 0 Å². The monoisotopic (exact) mass is 187 g/mol. The van der Waals surface area contributed by atoms with E-state index < -0.39 is 12.3 Å². The lowest BCUT2D eigenvalue weighted by molar-refractivity contribution is 0.133. The minimum absolute atomic E-state index is 0.199. The molecule has 0 bridgehead atoms. The van der Waals surface area contributed by atoms with Crippen LogP contribution in [0.15, 0.2) is 12.4 Å². The lowest BCUT2D eigenvalue weighted by Crippen LogP contribution is -2.06. The number of carboxylic acid groups (broad SMARTS) is 2. The van der Waals surface area contributed by atoms with Crippen molar-refractivity contribution in [3.8, 4) is 11.5 Å². The van der Waals surface area contributed by atoms with Gasteiger partial charge in [0.2, 0.25) is 0 Å². The van der Waals surface area contributed by atoms with Gasteiger partial charge in [-0.2, -0.15) is 0 Å². The molecule has 1 heterocycles. The Bertz CT molecular complexity index is 299. The van der Waals surface area contributed by atoms with Crippen molar-refractivity contribution in [2.45, 2.75) is 0 Å². The molecule has 7 nitrogen and oxygen atoms in total. The molecule has 13 heavy (non-hydrogen) atoms. The summed E-state index contributed by atoms with van der Waals surface area (Å²) in [7, 11) is 0. The molecule has 0 aliphatic rings. The van der Waals surface area contributed by atoms with Gasteiger partial charge >= 0.3 is 12.3 Å². The first-order valence-electron chi connectivity index (χ1n) is 3.08. The van der Waals surface area contributed by atoms with Crippen molar-refractivity contribution in [2.24, 2.45) is 0 Å². The molecule has 0 unspecified atom stereocenters. The Hall–Kier alpha value is -2.18. The van der Waals surface area contributed by atoms with Gasteiger partial charge in [0.25, 0.3) is 0 Å². The van der Waals surface area contributed by atoms with Crippen LogP contribution in [0, 0.1) is 0 Å². The van der Waals surface area contributed by atoms with E-state index in [9.17, 15) is 9.59 Å². The second kappa shape index (κ2) is 3.48. The number of H-pyrrole nitrogens is 1. The van der Waals surface area contributed by atoms with Crippen LogP contribution >= 0.6 is 0 Å². The van der Waals surface area contributed by atoms with Gasteiger partial charge in [0.15, 0.2) is 11.5 Å². The van der Waals surface area contributed by atoms with Gasteiger partial charge in [0, 0.05) is 12.4 Å². The van der Waals surface area contributed by atoms with Gasteiger partial charge in [0.05, 0.1) is 0 Å². The highest BCUT2D eigenvalue weighted by atomic mass is 16.7. The summed E-state index contributed by atoms with van der Waals surface area (Å²) in [5.74, 6) is -0.398. The zero-order chi connectivity index (χ0) is 9.84. The van der Waals surface area contributed by atoms with Crippen molar-refractivity contribution < 1.29 is 29.3 Å². The molecule has 0 spiro atoms. The average Bonchev–Trinajstić information content (AvgIpc) is 2.34. The van der Waals surface area contributed by atoms with E-state index in [-0.39, 0.29) is 11.5 Å². The fourth-order valence-corrected chi connectivity index (χ4v) is 0.683. The molecule has 7 heteroatoms. The molecule has 3 N–H and O–H groups in total. The fraction of sp³-hybridized carbons (Fsp3) is 0. The predicted molar refractivity (Wildman–Crippen MR) is 38.1 cm³/mol. The minimum atomic E-state index is -1.55. The van der Waals surface area contributed by atoms with Gasteiger partial charge in [-0.25, -0.2) is 9.59 Å². The lowest BCUT2D eigenvalue weighted by atomic mass is 10.5. The third-order valence-electron chi connectivity index (χ3n) is 1.07. The highest BCUT2D eigenvalue weighted by Crippen LogP contribution is 2.26. The van der Waals surface area contributed by atoms with Crippen molar-refractivity contribution in [2.75, 3.05) is 0 Å². The molecule has 0 atom stereocenters. The van der Waals surface area contributed by atoms with Crippen LogP contribution in [0.25, 0.3) is 0 Å². The van der Waals surface area contributed by atoms with Gasteiger partial charge in [-0.15, -0.1) is 0 Å². The van der Waals surface area contributed by atoms with Crippen LogP contribution in [0.3, 0.4) is 0 Å². The Labute approximate surface area is 71.5 Å². The molecule has 0 aliphatic heterocycles. The van der Waals surface area contributed by atoms with Crippen LogP contribution < -0.4 is 9.47 Å². The zero-order valence-electron chi connectivity index (χ0n) is 6.18. The average molecular weight is 187 g/mol. The van der Waals surface area contributed by atoms with Crippen LogP contribution in [0.4, 0.5) is 9.59 Å². The summed E-state index contributed by atoms with van der Waals surface area (Å²) in [6.45, 7) is 0. The molecule has 0 aliphatic carbocycles. The molecule has 0 fully saturated rings. The maximum absolute atomic E-state index is 10.1. The summed E-state index contributed by atoms with van der Waals surface area (Å²) >= 11 is 0. The largest absolute Gasteiger partial charge is 0.511 e. The van der Waals surface area contributed by atoms with Crippen LogP contribution in [-0.2, 0) is 0 Å². The van der Waals surface area contributed by atoms with Crippen molar-refractivity contribution in [3.63, 3.8) is 0 Å². The predicted octanol–water partition coefficient (Wildman–Crippen LogP) is 1.13. The Kier molecular flexibility index (Phi) is 2.38. The van der Waals surface area contributed by atoms with Crippen LogP contribution in [0.2, 0.25) is 0 Å². The summed E-state index contributed by atoms with van der Waals surface area (Å²) < 4.78 is 8.37. The van der Waals surface area contributed by atoms with Crippen LogP contribution in [0.1, 0.15) is 0 Å². The maximum Gasteiger partial charge on any atom is 0.511 e. The van der Waals surface area contributed by atoms with Crippen molar-refractivity contribution in [1.82, 2.24) is 4.98 Å². The van der Waals surface area contributed by atoms with E-state index in [2.05, 4.69) is 14.5 Å². The van der Waals surface area contributed by atoms with Gasteiger partial charge < -0.3 is 24.7 Å². The molecule has 0 saturated heterocycles. The molecule has 0 radical (unpaired) electrons. The standard InChI is InChI=1S/C6H5NO6/c8-5(9)12-3-1-7-2-4(3)13-6(10)11/h1-2,7H,(H,8,9)(H,10,11). The van der Waals surface area contributed by atoms with Crippen LogP contribution in [-0.4, -0.2) is 27.5 Å². The molecule has 1 aromatic rings. The molecule has 1 rings (SSSR count). The Balaban J connectivity index is 2.76. The Morgan fingerprint density at radius 3 is 1.77 bits per heavy atom. The molecule has 0 aromatic carbocycles. The van der Waals surface area contributed by atoms with E-state index in [1.807, 2.05) is 0 Å².